The number of benzene rings is 1. The van der Waals surface area contributed by atoms with E-state index in [0.29, 0.717) is 25.8 Å². The Hall–Kier alpha value is -1.26. The zero-order valence-electron chi connectivity index (χ0n) is 10.8. The molecule has 4 heteroatoms. The van der Waals surface area contributed by atoms with Crippen LogP contribution < -0.4 is 14.8 Å². The standard InChI is InChI=1S/C14H21NO3/c1-2-17-13-4-3-5-14(8-13)18-10-12(16)9-15-11-6-7-11/h3-5,8,11-12,15-16H,2,6-7,9-10H2,1H3. The highest BCUT2D eigenvalue weighted by Gasteiger charge is 2.21. The van der Waals surface area contributed by atoms with Gasteiger partial charge in [0.15, 0.2) is 0 Å². The smallest absolute Gasteiger partial charge is 0.123 e. The highest BCUT2D eigenvalue weighted by atomic mass is 16.5. The molecule has 100 valence electrons. The predicted molar refractivity (Wildman–Crippen MR) is 70.1 cm³/mol. The number of aliphatic hydroxyl groups excluding tert-OH is 1. The average molecular weight is 251 g/mol. The molecule has 0 radical (unpaired) electrons. The molecule has 4 nitrogen and oxygen atoms in total. The van der Waals surface area contributed by atoms with Crippen LogP contribution in [0.3, 0.4) is 0 Å². The maximum atomic E-state index is 9.74. The number of aliphatic hydroxyl groups is 1. The minimum Gasteiger partial charge on any atom is -0.494 e. The Balaban J connectivity index is 1.72. The van der Waals surface area contributed by atoms with Crippen LogP contribution in [0, 0.1) is 0 Å². The monoisotopic (exact) mass is 251 g/mol. The van der Waals surface area contributed by atoms with Crippen LogP contribution in [-0.4, -0.2) is 37.0 Å². The van der Waals surface area contributed by atoms with Gasteiger partial charge in [-0.15, -0.1) is 0 Å². The molecule has 1 unspecified atom stereocenters. The van der Waals surface area contributed by atoms with Gasteiger partial charge in [0.25, 0.3) is 0 Å². The van der Waals surface area contributed by atoms with E-state index in [2.05, 4.69) is 5.32 Å². The van der Waals surface area contributed by atoms with Gasteiger partial charge in [0.1, 0.15) is 24.2 Å². The lowest BCUT2D eigenvalue weighted by Crippen LogP contribution is -2.32. The fourth-order valence-electron chi connectivity index (χ4n) is 1.66. The van der Waals surface area contributed by atoms with Crippen LogP contribution >= 0.6 is 0 Å². The van der Waals surface area contributed by atoms with Gasteiger partial charge in [0.2, 0.25) is 0 Å². The maximum Gasteiger partial charge on any atom is 0.123 e. The van der Waals surface area contributed by atoms with E-state index in [1.165, 1.54) is 12.8 Å². The summed E-state index contributed by atoms with van der Waals surface area (Å²) in [7, 11) is 0. The van der Waals surface area contributed by atoms with E-state index in [1.807, 2.05) is 31.2 Å². The molecule has 1 saturated carbocycles. The van der Waals surface area contributed by atoms with Crippen molar-refractivity contribution < 1.29 is 14.6 Å². The zero-order valence-corrected chi connectivity index (χ0v) is 10.8. The van der Waals surface area contributed by atoms with Crippen molar-refractivity contribution >= 4 is 0 Å². The highest BCUT2D eigenvalue weighted by Crippen LogP contribution is 2.20. The van der Waals surface area contributed by atoms with Crippen molar-refractivity contribution in [3.8, 4) is 11.5 Å². The number of rotatable bonds is 8. The summed E-state index contributed by atoms with van der Waals surface area (Å²) < 4.78 is 10.9. The topological polar surface area (TPSA) is 50.7 Å². The van der Waals surface area contributed by atoms with Crippen LogP contribution in [0.2, 0.25) is 0 Å². The fourth-order valence-corrected chi connectivity index (χ4v) is 1.66. The Morgan fingerprint density at radius 3 is 2.72 bits per heavy atom. The van der Waals surface area contributed by atoms with E-state index >= 15 is 0 Å². The number of hydrogen-bond donors (Lipinski definition) is 2. The molecule has 0 amide bonds. The minimum atomic E-state index is -0.471. The average Bonchev–Trinajstić information content (AvgIpc) is 3.19. The molecule has 0 saturated heterocycles. The Morgan fingerprint density at radius 1 is 1.33 bits per heavy atom. The van der Waals surface area contributed by atoms with Crippen LogP contribution in [0.15, 0.2) is 24.3 Å². The van der Waals surface area contributed by atoms with Crippen molar-refractivity contribution in [1.82, 2.24) is 5.32 Å². The lowest BCUT2D eigenvalue weighted by Gasteiger charge is -2.13. The van der Waals surface area contributed by atoms with Crippen molar-refractivity contribution in [2.75, 3.05) is 19.8 Å². The molecule has 0 aliphatic heterocycles. The summed E-state index contributed by atoms with van der Waals surface area (Å²) in [5.74, 6) is 1.52. The number of hydrogen-bond acceptors (Lipinski definition) is 4. The third-order valence-electron chi connectivity index (χ3n) is 2.78. The maximum absolute atomic E-state index is 9.74. The first-order valence-electron chi connectivity index (χ1n) is 6.55. The normalized spacial score (nSPS) is 16.3. The summed E-state index contributed by atoms with van der Waals surface area (Å²) in [6.45, 7) is 3.48. The summed E-state index contributed by atoms with van der Waals surface area (Å²) in [6, 6.07) is 8.09. The van der Waals surface area contributed by atoms with Crippen LogP contribution in [0.5, 0.6) is 11.5 Å². The molecule has 1 fully saturated rings. The van der Waals surface area contributed by atoms with Gasteiger partial charge in [-0.05, 0) is 31.9 Å². The van der Waals surface area contributed by atoms with Crippen LogP contribution in [0.25, 0.3) is 0 Å². The molecule has 18 heavy (non-hydrogen) atoms. The van der Waals surface area contributed by atoms with Gasteiger partial charge in [-0.2, -0.15) is 0 Å². The SMILES string of the molecule is CCOc1cccc(OCC(O)CNC2CC2)c1. The first-order chi connectivity index (χ1) is 8.78. The van der Waals surface area contributed by atoms with E-state index in [0.717, 1.165) is 11.5 Å². The molecule has 0 aromatic heterocycles. The van der Waals surface area contributed by atoms with E-state index in [9.17, 15) is 5.11 Å². The summed E-state index contributed by atoms with van der Waals surface area (Å²) in [5, 5.41) is 13.0. The predicted octanol–water partition coefficient (Wildman–Crippen LogP) is 1.58. The first kappa shape index (κ1) is 13.2. The fraction of sp³-hybridized carbons (Fsp3) is 0.571. The molecule has 0 bridgehead atoms. The zero-order chi connectivity index (χ0) is 12.8. The molecule has 1 aromatic carbocycles. The second-order valence-corrected chi connectivity index (χ2v) is 4.56. The lowest BCUT2D eigenvalue weighted by atomic mass is 10.3. The Morgan fingerprint density at radius 2 is 2.06 bits per heavy atom. The lowest BCUT2D eigenvalue weighted by molar-refractivity contribution is 0.106. The van der Waals surface area contributed by atoms with Gasteiger partial charge in [0, 0.05) is 18.7 Å². The second kappa shape index (κ2) is 6.61. The van der Waals surface area contributed by atoms with E-state index in [4.69, 9.17) is 9.47 Å². The summed E-state index contributed by atoms with van der Waals surface area (Å²) in [5.41, 5.74) is 0. The quantitative estimate of drug-likeness (QED) is 0.736. The Bertz CT molecular complexity index is 366. The number of ether oxygens (including phenoxy) is 2. The first-order valence-corrected chi connectivity index (χ1v) is 6.55. The molecule has 0 heterocycles. The van der Waals surface area contributed by atoms with Gasteiger partial charge < -0.3 is 19.9 Å². The molecular weight excluding hydrogens is 230 g/mol. The molecule has 2 N–H and O–H groups in total. The summed E-state index contributed by atoms with van der Waals surface area (Å²) >= 11 is 0. The highest BCUT2D eigenvalue weighted by molar-refractivity contribution is 5.32. The van der Waals surface area contributed by atoms with E-state index < -0.39 is 6.10 Å². The Labute approximate surface area is 108 Å². The van der Waals surface area contributed by atoms with Crippen molar-refractivity contribution in [3.05, 3.63) is 24.3 Å². The molecule has 1 aliphatic rings. The molecule has 1 atom stereocenters. The largest absolute Gasteiger partial charge is 0.494 e. The molecule has 2 rings (SSSR count). The second-order valence-electron chi connectivity index (χ2n) is 4.56. The van der Waals surface area contributed by atoms with Crippen LogP contribution in [0.4, 0.5) is 0 Å². The van der Waals surface area contributed by atoms with Gasteiger partial charge in [-0.25, -0.2) is 0 Å². The third kappa shape index (κ3) is 4.55. The van der Waals surface area contributed by atoms with Crippen molar-refractivity contribution in [3.63, 3.8) is 0 Å². The van der Waals surface area contributed by atoms with E-state index in [1.54, 1.807) is 0 Å². The molecule has 1 aromatic rings. The van der Waals surface area contributed by atoms with Crippen LogP contribution in [-0.2, 0) is 0 Å². The van der Waals surface area contributed by atoms with Crippen LogP contribution in [0.1, 0.15) is 19.8 Å². The third-order valence-corrected chi connectivity index (χ3v) is 2.78. The van der Waals surface area contributed by atoms with Gasteiger partial charge in [0.05, 0.1) is 6.61 Å². The molecular formula is C14H21NO3. The minimum absolute atomic E-state index is 0.301. The van der Waals surface area contributed by atoms with Crippen molar-refractivity contribution in [2.45, 2.75) is 31.9 Å². The van der Waals surface area contributed by atoms with Crippen molar-refractivity contribution in [2.24, 2.45) is 0 Å². The number of nitrogens with one attached hydrogen (secondary N) is 1. The Kier molecular flexibility index (Phi) is 4.84. The van der Waals surface area contributed by atoms with Crippen molar-refractivity contribution in [1.29, 1.82) is 0 Å². The van der Waals surface area contributed by atoms with Gasteiger partial charge >= 0.3 is 0 Å². The summed E-state index contributed by atoms with van der Waals surface area (Å²) in [4.78, 5) is 0. The summed E-state index contributed by atoms with van der Waals surface area (Å²) in [6.07, 6.45) is 1.98. The van der Waals surface area contributed by atoms with Gasteiger partial charge in [-0.3, -0.25) is 0 Å². The molecule has 1 aliphatic carbocycles. The van der Waals surface area contributed by atoms with Gasteiger partial charge in [-0.1, -0.05) is 6.07 Å². The van der Waals surface area contributed by atoms with E-state index in [-0.39, 0.29) is 0 Å². The molecule has 0 spiro atoms.